The number of halogens is 1. The number of rotatable bonds is 8. The molecule has 2 N–H and O–H groups in total. The SMILES string of the molecule is COc1cccc(NC(=O)CSc2nnc(CC(=O)Nc3ccccc3F)n2C)c1. The van der Waals surface area contributed by atoms with E-state index in [0.29, 0.717) is 22.4 Å². The number of aromatic nitrogens is 3. The van der Waals surface area contributed by atoms with Gasteiger partial charge in [-0.3, -0.25) is 9.59 Å². The van der Waals surface area contributed by atoms with Gasteiger partial charge in [0.2, 0.25) is 11.8 Å². The summed E-state index contributed by atoms with van der Waals surface area (Å²) >= 11 is 1.19. The van der Waals surface area contributed by atoms with Gasteiger partial charge in [-0.15, -0.1) is 10.2 Å². The lowest BCUT2D eigenvalue weighted by Crippen LogP contribution is -2.18. The second kappa shape index (κ2) is 9.88. The predicted octanol–water partition coefficient (Wildman–Crippen LogP) is 2.87. The summed E-state index contributed by atoms with van der Waals surface area (Å²) in [5, 5.41) is 13.8. The van der Waals surface area contributed by atoms with Crippen LogP contribution in [0.1, 0.15) is 5.82 Å². The highest BCUT2D eigenvalue weighted by Gasteiger charge is 2.15. The summed E-state index contributed by atoms with van der Waals surface area (Å²) < 4.78 is 20.4. The third-order valence-corrected chi connectivity index (χ3v) is 5.10. The first-order valence-corrected chi connectivity index (χ1v) is 9.94. The molecule has 1 heterocycles. The first-order valence-electron chi connectivity index (χ1n) is 8.95. The van der Waals surface area contributed by atoms with Crippen LogP contribution in [0.4, 0.5) is 15.8 Å². The topological polar surface area (TPSA) is 98.1 Å². The minimum absolute atomic E-state index is 0.0750. The number of methoxy groups -OCH3 is 1. The van der Waals surface area contributed by atoms with E-state index >= 15 is 0 Å². The van der Waals surface area contributed by atoms with Crippen LogP contribution in [0.15, 0.2) is 53.7 Å². The van der Waals surface area contributed by atoms with Crippen LogP contribution in [-0.2, 0) is 23.1 Å². The number of carbonyl (C=O) groups is 2. The summed E-state index contributed by atoms with van der Waals surface area (Å²) in [6.07, 6.45) is -0.0750. The molecular weight excluding hydrogens is 409 g/mol. The number of anilines is 2. The number of ether oxygens (including phenoxy) is 1. The highest BCUT2D eigenvalue weighted by Crippen LogP contribution is 2.19. The summed E-state index contributed by atoms with van der Waals surface area (Å²) in [6.45, 7) is 0. The van der Waals surface area contributed by atoms with E-state index in [1.165, 1.54) is 23.9 Å². The molecule has 0 unspecified atom stereocenters. The first-order chi connectivity index (χ1) is 14.5. The molecule has 0 aliphatic heterocycles. The summed E-state index contributed by atoms with van der Waals surface area (Å²) in [7, 11) is 3.26. The lowest BCUT2D eigenvalue weighted by molar-refractivity contribution is -0.116. The number of thioether (sulfide) groups is 1. The smallest absolute Gasteiger partial charge is 0.234 e. The maximum Gasteiger partial charge on any atom is 0.234 e. The fraction of sp³-hybridized carbons (Fsp3) is 0.200. The summed E-state index contributed by atoms with van der Waals surface area (Å²) in [5.74, 6) is 0.0247. The molecule has 0 spiro atoms. The zero-order chi connectivity index (χ0) is 21.5. The number of nitrogens with zero attached hydrogens (tertiary/aromatic N) is 3. The number of carbonyl (C=O) groups excluding carboxylic acids is 2. The average molecular weight is 429 g/mol. The summed E-state index contributed by atoms with van der Waals surface area (Å²) in [4.78, 5) is 24.4. The number of hydrogen-bond donors (Lipinski definition) is 2. The molecule has 0 aliphatic rings. The fourth-order valence-corrected chi connectivity index (χ4v) is 3.28. The Morgan fingerprint density at radius 2 is 1.90 bits per heavy atom. The first kappa shape index (κ1) is 21.3. The summed E-state index contributed by atoms with van der Waals surface area (Å²) in [5.41, 5.74) is 0.733. The zero-order valence-electron chi connectivity index (χ0n) is 16.4. The molecule has 1 aromatic heterocycles. The van der Waals surface area contributed by atoms with Gasteiger partial charge in [-0.2, -0.15) is 0 Å². The Balaban J connectivity index is 1.54. The van der Waals surface area contributed by atoms with Gasteiger partial charge in [0.05, 0.1) is 25.0 Å². The zero-order valence-corrected chi connectivity index (χ0v) is 17.2. The van der Waals surface area contributed by atoms with Crippen LogP contribution in [0, 0.1) is 5.82 Å². The van der Waals surface area contributed by atoms with Gasteiger partial charge in [0, 0.05) is 18.8 Å². The minimum atomic E-state index is -0.512. The second-order valence-corrected chi connectivity index (χ2v) is 7.17. The molecule has 8 nitrogen and oxygen atoms in total. The van der Waals surface area contributed by atoms with E-state index in [1.807, 2.05) is 0 Å². The van der Waals surface area contributed by atoms with Crippen LogP contribution in [0.5, 0.6) is 5.75 Å². The maximum absolute atomic E-state index is 13.7. The predicted molar refractivity (Wildman–Crippen MR) is 112 cm³/mol. The number of nitrogens with one attached hydrogen (secondary N) is 2. The van der Waals surface area contributed by atoms with E-state index in [-0.39, 0.29) is 23.8 Å². The second-order valence-electron chi connectivity index (χ2n) is 6.23. The van der Waals surface area contributed by atoms with Crippen LogP contribution in [-0.4, -0.2) is 39.4 Å². The summed E-state index contributed by atoms with van der Waals surface area (Å²) in [6, 6.07) is 13.0. The van der Waals surface area contributed by atoms with Gasteiger partial charge in [0.15, 0.2) is 5.16 Å². The third kappa shape index (κ3) is 5.57. The number of hydrogen-bond acceptors (Lipinski definition) is 6. The van der Waals surface area contributed by atoms with Crippen molar-refractivity contribution < 1.29 is 18.7 Å². The number of amides is 2. The van der Waals surface area contributed by atoms with E-state index in [2.05, 4.69) is 20.8 Å². The van der Waals surface area contributed by atoms with Crippen LogP contribution in [0.3, 0.4) is 0 Å². The van der Waals surface area contributed by atoms with E-state index < -0.39 is 11.7 Å². The standard InChI is InChI=1S/C20H20FN5O3S/c1-26-17(11-18(27)23-16-9-4-3-8-15(16)21)24-25-20(26)30-12-19(28)22-13-6-5-7-14(10-13)29-2/h3-10H,11-12H2,1-2H3,(H,22,28)(H,23,27). The molecule has 0 aliphatic carbocycles. The molecule has 3 rings (SSSR count). The average Bonchev–Trinajstić information content (AvgIpc) is 3.07. The Labute approximate surface area is 176 Å². The highest BCUT2D eigenvalue weighted by molar-refractivity contribution is 7.99. The van der Waals surface area contributed by atoms with Gasteiger partial charge < -0.3 is 19.9 Å². The van der Waals surface area contributed by atoms with E-state index in [9.17, 15) is 14.0 Å². The van der Waals surface area contributed by atoms with Crippen LogP contribution < -0.4 is 15.4 Å². The van der Waals surface area contributed by atoms with Gasteiger partial charge in [-0.05, 0) is 24.3 Å². The van der Waals surface area contributed by atoms with Crippen molar-refractivity contribution in [2.45, 2.75) is 11.6 Å². The number of para-hydroxylation sites is 1. The van der Waals surface area contributed by atoms with Crippen molar-refractivity contribution in [2.24, 2.45) is 7.05 Å². The maximum atomic E-state index is 13.7. The third-order valence-electron chi connectivity index (χ3n) is 4.08. The quantitative estimate of drug-likeness (QED) is 0.535. The fourth-order valence-electron chi connectivity index (χ4n) is 2.55. The molecule has 156 valence electrons. The van der Waals surface area contributed by atoms with Crippen molar-refractivity contribution in [2.75, 3.05) is 23.5 Å². The molecule has 2 aromatic carbocycles. The number of benzene rings is 2. The van der Waals surface area contributed by atoms with Crippen molar-refractivity contribution in [3.63, 3.8) is 0 Å². The lowest BCUT2D eigenvalue weighted by atomic mass is 10.3. The molecule has 30 heavy (non-hydrogen) atoms. The molecular formula is C20H20FN5O3S. The molecule has 3 aromatic rings. The van der Waals surface area contributed by atoms with Crippen molar-refractivity contribution >= 4 is 35.0 Å². The van der Waals surface area contributed by atoms with Gasteiger partial charge in [0.25, 0.3) is 0 Å². The largest absolute Gasteiger partial charge is 0.497 e. The van der Waals surface area contributed by atoms with Crippen molar-refractivity contribution in [1.29, 1.82) is 0 Å². The lowest BCUT2D eigenvalue weighted by Gasteiger charge is -2.07. The van der Waals surface area contributed by atoms with E-state index in [4.69, 9.17) is 4.74 Å². The van der Waals surface area contributed by atoms with Crippen LogP contribution in [0.2, 0.25) is 0 Å². The molecule has 0 bridgehead atoms. The Hall–Kier alpha value is -3.40. The Morgan fingerprint density at radius 1 is 1.10 bits per heavy atom. The molecule has 0 saturated carbocycles. The Kier molecular flexibility index (Phi) is 7.02. The van der Waals surface area contributed by atoms with E-state index in [0.717, 1.165) is 0 Å². The Bertz CT molecular complexity index is 1060. The van der Waals surface area contributed by atoms with Crippen molar-refractivity contribution in [1.82, 2.24) is 14.8 Å². The monoisotopic (exact) mass is 429 g/mol. The molecule has 0 atom stereocenters. The normalized spacial score (nSPS) is 10.5. The molecule has 0 fully saturated rings. The van der Waals surface area contributed by atoms with Gasteiger partial charge in [-0.1, -0.05) is 30.0 Å². The molecule has 2 amide bonds. The minimum Gasteiger partial charge on any atom is -0.497 e. The van der Waals surface area contributed by atoms with Crippen molar-refractivity contribution in [3.8, 4) is 5.75 Å². The molecule has 0 radical (unpaired) electrons. The van der Waals surface area contributed by atoms with E-state index in [1.54, 1.807) is 55.1 Å². The molecule has 0 saturated heterocycles. The highest BCUT2D eigenvalue weighted by atomic mass is 32.2. The van der Waals surface area contributed by atoms with Gasteiger partial charge in [-0.25, -0.2) is 4.39 Å². The van der Waals surface area contributed by atoms with Crippen LogP contribution >= 0.6 is 11.8 Å². The van der Waals surface area contributed by atoms with Crippen molar-refractivity contribution in [3.05, 3.63) is 60.2 Å². The van der Waals surface area contributed by atoms with Crippen LogP contribution in [0.25, 0.3) is 0 Å². The van der Waals surface area contributed by atoms with Gasteiger partial charge >= 0.3 is 0 Å². The molecule has 10 heteroatoms. The Morgan fingerprint density at radius 3 is 2.67 bits per heavy atom. The van der Waals surface area contributed by atoms with Gasteiger partial charge in [0.1, 0.15) is 17.4 Å².